The average molecular weight is 416 g/mol. The van der Waals surface area contributed by atoms with Crippen LogP contribution in [0, 0.1) is 5.92 Å². The van der Waals surface area contributed by atoms with Gasteiger partial charge in [-0.05, 0) is 30.0 Å². The number of fused-ring (bicyclic) bond motifs is 1. The Balaban J connectivity index is 1.32. The Kier molecular flexibility index (Phi) is 5.49. The van der Waals surface area contributed by atoms with Gasteiger partial charge < -0.3 is 15.2 Å². The minimum Gasteiger partial charge on any atom is -0.361 e. The van der Waals surface area contributed by atoms with Crippen molar-refractivity contribution >= 4 is 22.7 Å². The third kappa shape index (κ3) is 3.97. The number of likely N-dealkylation sites (tertiary alicyclic amines) is 1. The first-order valence-electron chi connectivity index (χ1n) is 11.4. The number of benzene rings is 2. The van der Waals surface area contributed by atoms with Gasteiger partial charge in [0.15, 0.2) is 0 Å². The van der Waals surface area contributed by atoms with Crippen molar-refractivity contribution in [2.75, 3.05) is 13.1 Å². The Morgan fingerprint density at radius 3 is 2.61 bits per heavy atom. The lowest BCUT2D eigenvalue weighted by atomic mass is 9.90. The number of rotatable bonds is 6. The van der Waals surface area contributed by atoms with Gasteiger partial charge in [0.05, 0.1) is 5.92 Å². The summed E-state index contributed by atoms with van der Waals surface area (Å²) in [4.78, 5) is 30.9. The molecule has 0 unspecified atom stereocenters. The van der Waals surface area contributed by atoms with Crippen LogP contribution in [-0.2, 0) is 9.59 Å². The van der Waals surface area contributed by atoms with E-state index in [0.29, 0.717) is 25.6 Å². The number of para-hydroxylation sites is 1. The monoisotopic (exact) mass is 415 g/mol. The zero-order valence-corrected chi connectivity index (χ0v) is 17.7. The zero-order chi connectivity index (χ0) is 21.2. The predicted octanol–water partition coefficient (Wildman–Crippen LogP) is 4.21. The van der Waals surface area contributed by atoms with E-state index in [1.54, 1.807) is 0 Å². The van der Waals surface area contributed by atoms with Gasteiger partial charge >= 0.3 is 0 Å². The Hall–Kier alpha value is -3.08. The quantitative estimate of drug-likeness (QED) is 0.633. The van der Waals surface area contributed by atoms with Gasteiger partial charge in [0, 0.05) is 48.6 Å². The molecule has 31 heavy (non-hydrogen) atoms. The van der Waals surface area contributed by atoms with Crippen molar-refractivity contribution in [3.05, 3.63) is 71.9 Å². The highest BCUT2D eigenvalue weighted by Crippen LogP contribution is 2.32. The topological polar surface area (TPSA) is 65.2 Å². The number of carbonyl (C=O) groups is 2. The molecular formula is C26H29N3O2. The highest BCUT2D eigenvalue weighted by atomic mass is 16.2. The van der Waals surface area contributed by atoms with Crippen LogP contribution in [0.1, 0.15) is 49.1 Å². The Labute approximate surface area is 182 Å². The lowest BCUT2D eigenvalue weighted by Gasteiger charge is -2.24. The Bertz CT molecular complexity index is 1070. The van der Waals surface area contributed by atoms with Crippen LogP contribution in [0.5, 0.6) is 0 Å². The van der Waals surface area contributed by atoms with Crippen LogP contribution >= 0.6 is 0 Å². The summed E-state index contributed by atoms with van der Waals surface area (Å²) in [6.07, 6.45) is 6.93. The van der Waals surface area contributed by atoms with E-state index in [0.717, 1.165) is 18.4 Å². The Morgan fingerprint density at radius 2 is 1.81 bits per heavy atom. The summed E-state index contributed by atoms with van der Waals surface area (Å²) in [7, 11) is 0. The van der Waals surface area contributed by atoms with Gasteiger partial charge in [-0.15, -0.1) is 0 Å². The van der Waals surface area contributed by atoms with Crippen LogP contribution in [0.3, 0.4) is 0 Å². The second-order valence-electron chi connectivity index (χ2n) is 8.88. The first-order valence-corrected chi connectivity index (χ1v) is 11.4. The number of carbonyl (C=O) groups excluding carboxylic acids is 2. The van der Waals surface area contributed by atoms with Crippen molar-refractivity contribution in [3.63, 3.8) is 0 Å². The van der Waals surface area contributed by atoms with Gasteiger partial charge in [-0.1, -0.05) is 61.4 Å². The molecule has 5 heteroatoms. The molecule has 1 aliphatic carbocycles. The normalized spacial score (nSPS) is 20.5. The van der Waals surface area contributed by atoms with Crippen LogP contribution in [0.4, 0.5) is 0 Å². The summed E-state index contributed by atoms with van der Waals surface area (Å²) < 4.78 is 0. The van der Waals surface area contributed by atoms with Crippen LogP contribution in [0.2, 0.25) is 0 Å². The zero-order valence-electron chi connectivity index (χ0n) is 17.7. The SMILES string of the molecule is O=C(NC[C@@H](c1ccccc1)c1c[nH]c2ccccc12)[C@@H]1CC(=O)N(C2CCCC2)C1. The number of nitrogens with zero attached hydrogens (tertiary/aromatic N) is 1. The molecule has 0 bridgehead atoms. The summed E-state index contributed by atoms with van der Waals surface area (Å²) in [5.74, 6) is -0.0604. The number of amides is 2. The van der Waals surface area contributed by atoms with E-state index in [4.69, 9.17) is 0 Å². The molecule has 5 nitrogen and oxygen atoms in total. The maximum atomic E-state index is 13.0. The highest BCUT2D eigenvalue weighted by molar-refractivity contribution is 5.89. The molecule has 5 rings (SSSR count). The molecule has 2 N–H and O–H groups in total. The van der Waals surface area contributed by atoms with E-state index in [9.17, 15) is 9.59 Å². The molecule has 2 aliphatic rings. The second kappa shape index (κ2) is 8.58. The van der Waals surface area contributed by atoms with Gasteiger partial charge in [-0.2, -0.15) is 0 Å². The van der Waals surface area contributed by atoms with Crippen LogP contribution in [-0.4, -0.2) is 40.8 Å². The molecule has 3 aromatic rings. The maximum absolute atomic E-state index is 13.0. The molecule has 1 saturated carbocycles. The van der Waals surface area contributed by atoms with Gasteiger partial charge in [0.1, 0.15) is 0 Å². The predicted molar refractivity (Wildman–Crippen MR) is 122 cm³/mol. The summed E-state index contributed by atoms with van der Waals surface area (Å²) >= 11 is 0. The number of nitrogens with one attached hydrogen (secondary N) is 2. The standard InChI is InChI=1S/C26H29N3O2/c30-25-14-19(17-29(25)20-10-4-5-11-20)26(31)28-15-22(18-8-2-1-3-9-18)23-16-27-24-13-7-6-12-21(23)24/h1-3,6-9,12-13,16,19-20,22,27H,4-5,10-11,14-15,17H2,(H,28,31)/t19-,22+/m1/s1. The molecule has 1 saturated heterocycles. The summed E-state index contributed by atoms with van der Waals surface area (Å²) in [6, 6.07) is 18.9. The van der Waals surface area contributed by atoms with E-state index in [-0.39, 0.29) is 23.7 Å². The molecule has 2 amide bonds. The molecule has 0 radical (unpaired) electrons. The van der Waals surface area contributed by atoms with Gasteiger partial charge in [0.25, 0.3) is 0 Å². The van der Waals surface area contributed by atoms with Crippen LogP contribution < -0.4 is 5.32 Å². The first-order chi connectivity index (χ1) is 15.2. The van der Waals surface area contributed by atoms with Gasteiger partial charge in [0.2, 0.25) is 11.8 Å². The lowest BCUT2D eigenvalue weighted by Crippen LogP contribution is -2.38. The molecule has 1 aromatic heterocycles. The van der Waals surface area contributed by atoms with Crippen molar-refractivity contribution in [3.8, 4) is 0 Å². The van der Waals surface area contributed by atoms with Crippen molar-refractivity contribution in [2.24, 2.45) is 5.92 Å². The molecule has 2 heterocycles. The Morgan fingerprint density at radius 1 is 1.06 bits per heavy atom. The van der Waals surface area contributed by atoms with Crippen LogP contribution in [0.15, 0.2) is 60.8 Å². The number of H-pyrrole nitrogens is 1. The van der Waals surface area contributed by atoms with E-state index < -0.39 is 0 Å². The summed E-state index contributed by atoms with van der Waals surface area (Å²) in [5.41, 5.74) is 3.44. The molecular weight excluding hydrogens is 386 g/mol. The van der Waals surface area contributed by atoms with E-state index in [1.165, 1.54) is 29.4 Å². The van der Waals surface area contributed by atoms with E-state index >= 15 is 0 Å². The third-order valence-corrected chi connectivity index (χ3v) is 6.97. The van der Waals surface area contributed by atoms with Crippen LogP contribution in [0.25, 0.3) is 10.9 Å². The maximum Gasteiger partial charge on any atom is 0.225 e. The highest BCUT2D eigenvalue weighted by Gasteiger charge is 2.38. The summed E-state index contributed by atoms with van der Waals surface area (Å²) in [6.45, 7) is 1.08. The van der Waals surface area contributed by atoms with Crippen molar-refractivity contribution in [1.29, 1.82) is 0 Å². The van der Waals surface area contributed by atoms with E-state index in [1.807, 2.05) is 35.2 Å². The number of aromatic amines is 1. The average Bonchev–Trinajstić information content (AvgIpc) is 3.54. The smallest absolute Gasteiger partial charge is 0.225 e. The van der Waals surface area contributed by atoms with Crippen molar-refractivity contribution < 1.29 is 9.59 Å². The molecule has 2 aromatic carbocycles. The minimum absolute atomic E-state index is 0.00498. The lowest BCUT2D eigenvalue weighted by molar-refractivity contribution is -0.130. The fraction of sp³-hybridized carbons (Fsp3) is 0.385. The molecule has 0 spiro atoms. The molecule has 2 atom stereocenters. The number of aromatic nitrogens is 1. The van der Waals surface area contributed by atoms with E-state index in [2.05, 4.69) is 40.8 Å². The molecule has 1 aliphatic heterocycles. The molecule has 160 valence electrons. The van der Waals surface area contributed by atoms with Crippen molar-refractivity contribution in [2.45, 2.75) is 44.1 Å². The fourth-order valence-electron chi connectivity index (χ4n) is 5.30. The largest absolute Gasteiger partial charge is 0.361 e. The second-order valence-corrected chi connectivity index (χ2v) is 8.88. The number of hydrogen-bond acceptors (Lipinski definition) is 2. The van der Waals surface area contributed by atoms with Gasteiger partial charge in [-0.25, -0.2) is 0 Å². The summed E-state index contributed by atoms with van der Waals surface area (Å²) in [5, 5.41) is 4.35. The van der Waals surface area contributed by atoms with Gasteiger partial charge in [-0.3, -0.25) is 9.59 Å². The third-order valence-electron chi connectivity index (χ3n) is 6.97. The fourth-order valence-corrected chi connectivity index (χ4v) is 5.30. The minimum atomic E-state index is -0.243. The first kappa shape index (κ1) is 19.9. The van der Waals surface area contributed by atoms with Crippen molar-refractivity contribution in [1.82, 2.24) is 15.2 Å². The number of hydrogen-bond donors (Lipinski definition) is 2. The molecule has 2 fully saturated rings.